The van der Waals surface area contributed by atoms with Crippen molar-refractivity contribution in [3.8, 4) is 0 Å². The minimum Gasteiger partial charge on any atom is -0.332 e. The average Bonchev–Trinajstić information content (AvgIpc) is 2.58. The summed E-state index contributed by atoms with van der Waals surface area (Å²) in [6, 6.07) is 6.13. The lowest BCUT2D eigenvalue weighted by molar-refractivity contribution is 1.34. The molecule has 2 nitrogen and oxygen atoms in total. The number of thiazole rings is 1. The summed E-state index contributed by atoms with van der Waals surface area (Å²) in [4.78, 5) is 4.27. The lowest BCUT2D eigenvalue weighted by Crippen LogP contribution is -1.89. The van der Waals surface area contributed by atoms with E-state index in [0.717, 1.165) is 19.9 Å². The van der Waals surface area contributed by atoms with Gasteiger partial charge in [-0.05, 0) is 46.6 Å². The number of anilines is 2. The van der Waals surface area contributed by atoms with E-state index in [9.17, 15) is 0 Å². The summed E-state index contributed by atoms with van der Waals surface area (Å²) >= 11 is 8.37. The Bertz CT molecular complexity index is 482. The molecule has 1 heterocycles. The quantitative estimate of drug-likeness (QED) is 0.850. The van der Waals surface area contributed by atoms with Crippen molar-refractivity contribution in [1.29, 1.82) is 0 Å². The molecule has 0 bridgehead atoms. The van der Waals surface area contributed by atoms with Crippen molar-refractivity contribution in [2.75, 3.05) is 5.32 Å². The Morgan fingerprint density at radius 2 is 2.13 bits per heavy atom. The van der Waals surface area contributed by atoms with E-state index in [1.54, 1.807) is 11.3 Å². The lowest BCUT2D eigenvalue weighted by Gasteiger charge is -2.04. The van der Waals surface area contributed by atoms with Gasteiger partial charge in [0.1, 0.15) is 4.60 Å². The highest BCUT2D eigenvalue weighted by atomic mass is 79.9. The van der Waals surface area contributed by atoms with Gasteiger partial charge in [0.25, 0.3) is 0 Å². The fourth-order valence-electron chi connectivity index (χ4n) is 1.16. The summed E-state index contributed by atoms with van der Waals surface area (Å²) in [5.74, 6) is 0. The molecule has 0 aliphatic rings. The van der Waals surface area contributed by atoms with Crippen molar-refractivity contribution in [3.05, 3.63) is 38.2 Å². The molecule has 1 aromatic heterocycles. The summed E-state index contributed by atoms with van der Waals surface area (Å²) in [6.07, 6.45) is 0. The van der Waals surface area contributed by atoms with Crippen LogP contribution in [0.25, 0.3) is 0 Å². The molecule has 1 N–H and O–H groups in total. The third-order valence-corrected chi connectivity index (χ3v) is 4.24. The summed E-state index contributed by atoms with van der Waals surface area (Å²) in [6.45, 7) is 2.06. The Kier molecular flexibility index (Phi) is 3.43. The van der Waals surface area contributed by atoms with Gasteiger partial charge in [0.05, 0.1) is 0 Å². The fraction of sp³-hybridized carbons (Fsp3) is 0.100. The fourth-order valence-corrected chi connectivity index (χ4v) is 2.57. The lowest BCUT2D eigenvalue weighted by atomic mass is 10.2. The third-order valence-electron chi connectivity index (χ3n) is 1.89. The number of benzene rings is 1. The first kappa shape index (κ1) is 11.1. The van der Waals surface area contributed by atoms with Crippen molar-refractivity contribution in [2.24, 2.45) is 0 Å². The molecule has 0 unspecified atom stereocenters. The number of nitrogens with one attached hydrogen (secondary N) is 1. The van der Waals surface area contributed by atoms with Crippen LogP contribution in [0.15, 0.2) is 32.7 Å². The van der Waals surface area contributed by atoms with Crippen molar-refractivity contribution in [3.63, 3.8) is 0 Å². The molecule has 0 fully saturated rings. The van der Waals surface area contributed by atoms with Crippen LogP contribution >= 0.6 is 43.2 Å². The molecule has 1 aromatic carbocycles. The zero-order valence-corrected chi connectivity index (χ0v) is 11.9. The van der Waals surface area contributed by atoms with Crippen LogP contribution in [0, 0.1) is 6.92 Å². The number of aromatic nitrogens is 1. The molecule has 5 heteroatoms. The van der Waals surface area contributed by atoms with E-state index in [4.69, 9.17) is 0 Å². The van der Waals surface area contributed by atoms with Gasteiger partial charge in [-0.3, -0.25) is 0 Å². The normalized spacial score (nSPS) is 10.3. The van der Waals surface area contributed by atoms with Gasteiger partial charge in [0, 0.05) is 15.5 Å². The Hall–Kier alpha value is -0.390. The highest BCUT2D eigenvalue weighted by Gasteiger charge is 2.01. The molecule has 2 aromatic rings. The van der Waals surface area contributed by atoms with Crippen LogP contribution in [-0.4, -0.2) is 4.98 Å². The summed E-state index contributed by atoms with van der Waals surface area (Å²) in [7, 11) is 0. The summed E-state index contributed by atoms with van der Waals surface area (Å²) < 4.78 is 1.98. The average molecular weight is 348 g/mol. The minimum absolute atomic E-state index is 0.865. The van der Waals surface area contributed by atoms with E-state index in [-0.39, 0.29) is 0 Å². The Morgan fingerprint density at radius 3 is 2.73 bits per heavy atom. The zero-order valence-electron chi connectivity index (χ0n) is 7.92. The molecular formula is C10H8Br2N2S. The highest BCUT2D eigenvalue weighted by Crippen LogP contribution is 2.26. The maximum Gasteiger partial charge on any atom is 0.188 e. The van der Waals surface area contributed by atoms with Gasteiger partial charge in [0.15, 0.2) is 5.13 Å². The van der Waals surface area contributed by atoms with Crippen LogP contribution in [0.5, 0.6) is 0 Å². The molecule has 0 radical (unpaired) electrons. The van der Waals surface area contributed by atoms with Gasteiger partial charge in [0.2, 0.25) is 0 Å². The van der Waals surface area contributed by atoms with E-state index in [2.05, 4.69) is 55.2 Å². The van der Waals surface area contributed by atoms with Crippen molar-refractivity contribution in [1.82, 2.24) is 4.98 Å². The van der Waals surface area contributed by atoms with E-state index in [1.807, 2.05) is 17.5 Å². The number of hydrogen-bond donors (Lipinski definition) is 1. The first-order valence-electron chi connectivity index (χ1n) is 4.29. The molecule has 0 aliphatic heterocycles. The third kappa shape index (κ3) is 2.80. The largest absolute Gasteiger partial charge is 0.332 e. The van der Waals surface area contributed by atoms with E-state index in [1.165, 1.54) is 5.56 Å². The van der Waals surface area contributed by atoms with Gasteiger partial charge in [-0.1, -0.05) is 15.9 Å². The smallest absolute Gasteiger partial charge is 0.188 e. The molecule has 15 heavy (non-hydrogen) atoms. The Morgan fingerprint density at radius 1 is 1.33 bits per heavy atom. The predicted octanol–water partition coefficient (Wildman–Crippen LogP) is 4.72. The molecule has 0 saturated carbocycles. The van der Waals surface area contributed by atoms with E-state index in [0.29, 0.717) is 0 Å². The van der Waals surface area contributed by atoms with Crippen LogP contribution in [0.1, 0.15) is 5.56 Å². The number of aryl methyl sites for hydroxylation is 1. The first-order valence-corrected chi connectivity index (χ1v) is 6.76. The number of hydrogen-bond acceptors (Lipinski definition) is 3. The molecule has 0 spiro atoms. The minimum atomic E-state index is 0.865. The molecule has 2 rings (SSSR count). The van der Waals surface area contributed by atoms with E-state index >= 15 is 0 Å². The summed E-state index contributed by atoms with van der Waals surface area (Å²) in [5, 5.41) is 6.09. The molecule has 0 amide bonds. The maximum atomic E-state index is 4.27. The Labute approximate surface area is 109 Å². The van der Waals surface area contributed by atoms with Crippen LogP contribution in [-0.2, 0) is 0 Å². The first-order chi connectivity index (χ1) is 7.15. The van der Waals surface area contributed by atoms with Crippen molar-refractivity contribution < 1.29 is 0 Å². The van der Waals surface area contributed by atoms with Gasteiger partial charge in [-0.15, -0.1) is 11.3 Å². The molecular weight excluding hydrogens is 340 g/mol. The van der Waals surface area contributed by atoms with Crippen LogP contribution in [0.3, 0.4) is 0 Å². The topological polar surface area (TPSA) is 24.9 Å². The summed E-state index contributed by atoms with van der Waals surface area (Å²) in [5.41, 5.74) is 2.26. The zero-order chi connectivity index (χ0) is 10.8. The number of nitrogens with zero attached hydrogens (tertiary/aromatic N) is 1. The predicted molar refractivity (Wildman–Crippen MR) is 72.0 cm³/mol. The maximum absolute atomic E-state index is 4.27. The van der Waals surface area contributed by atoms with Gasteiger partial charge >= 0.3 is 0 Å². The van der Waals surface area contributed by atoms with Crippen LogP contribution in [0.2, 0.25) is 0 Å². The van der Waals surface area contributed by atoms with Crippen LogP contribution in [0.4, 0.5) is 10.8 Å². The number of rotatable bonds is 2. The van der Waals surface area contributed by atoms with E-state index < -0.39 is 0 Å². The van der Waals surface area contributed by atoms with Gasteiger partial charge in [-0.2, -0.15) is 0 Å². The monoisotopic (exact) mass is 346 g/mol. The highest BCUT2D eigenvalue weighted by molar-refractivity contribution is 9.10. The van der Waals surface area contributed by atoms with Gasteiger partial charge in [-0.25, -0.2) is 4.98 Å². The van der Waals surface area contributed by atoms with Crippen LogP contribution < -0.4 is 5.32 Å². The molecule has 0 saturated heterocycles. The second-order valence-electron chi connectivity index (χ2n) is 3.06. The van der Waals surface area contributed by atoms with Gasteiger partial charge < -0.3 is 5.32 Å². The Balaban J connectivity index is 2.21. The second-order valence-corrected chi connectivity index (χ2v) is 5.59. The number of halogens is 2. The molecule has 0 atom stereocenters. The van der Waals surface area contributed by atoms with Crippen molar-refractivity contribution in [2.45, 2.75) is 6.92 Å². The second kappa shape index (κ2) is 4.63. The molecule has 0 aliphatic carbocycles. The molecule has 78 valence electrons. The SMILES string of the molecule is Cc1cc(Nc2nc(Br)cs2)ccc1Br. The standard InChI is InChI=1S/C10H8Br2N2S/c1-6-4-7(2-3-8(6)11)13-10-14-9(12)5-15-10/h2-5H,1H3,(H,13,14). The van der Waals surface area contributed by atoms with Crippen molar-refractivity contribution >= 4 is 54.0 Å².